The number of hydrogen-bond donors (Lipinski definition) is 1. The summed E-state index contributed by atoms with van der Waals surface area (Å²) in [5, 5.41) is 2.97. The molecule has 1 aliphatic rings. The van der Waals surface area contributed by atoms with E-state index >= 15 is 0 Å². The summed E-state index contributed by atoms with van der Waals surface area (Å²) < 4.78 is 0. The zero-order chi connectivity index (χ0) is 10.7. The van der Waals surface area contributed by atoms with E-state index in [1.54, 1.807) is 6.20 Å². The number of rotatable bonds is 3. The Morgan fingerprint density at radius 2 is 2.33 bits per heavy atom. The topological polar surface area (TPSA) is 41.1 Å². The molecule has 4 heteroatoms. The maximum atomic E-state index is 4.38. The van der Waals surface area contributed by atoms with Gasteiger partial charge < -0.3 is 5.32 Å². The van der Waals surface area contributed by atoms with E-state index in [1.807, 2.05) is 13.2 Å². The molecule has 0 aliphatic carbocycles. The molecule has 0 amide bonds. The number of aromatic nitrogens is 2. The fraction of sp³-hybridized carbons (Fsp3) is 0.636. The lowest BCUT2D eigenvalue weighted by molar-refractivity contribution is 0.257. The molecule has 0 saturated carbocycles. The molecular formula is C11H18N4. The number of nitrogens with zero attached hydrogens (tertiary/aromatic N) is 3. The average molecular weight is 206 g/mol. The monoisotopic (exact) mass is 206 g/mol. The Labute approximate surface area is 90.7 Å². The summed E-state index contributed by atoms with van der Waals surface area (Å²) in [7, 11) is 1.85. The van der Waals surface area contributed by atoms with Gasteiger partial charge in [0, 0.05) is 19.6 Å². The predicted molar refractivity (Wildman–Crippen MR) is 60.7 cm³/mol. The van der Waals surface area contributed by atoms with Gasteiger partial charge in [-0.2, -0.15) is 0 Å². The van der Waals surface area contributed by atoms with Crippen molar-refractivity contribution < 1.29 is 0 Å². The van der Waals surface area contributed by atoms with Gasteiger partial charge in [0.15, 0.2) is 0 Å². The van der Waals surface area contributed by atoms with Gasteiger partial charge in [-0.1, -0.05) is 0 Å². The Morgan fingerprint density at radius 1 is 1.47 bits per heavy atom. The molecule has 82 valence electrons. The first-order valence-corrected chi connectivity index (χ1v) is 5.52. The van der Waals surface area contributed by atoms with Gasteiger partial charge in [0.1, 0.15) is 5.82 Å². The maximum Gasteiger partial charge on any atom is 0.144 e. The van der Waals surface area contributed by atoms with Crippen LogP contribution >= 0.6 is 0 Å². The van der Waals surface area contributed by atoms with E-state index < -0.39 is 0 Å². The summed E-state index contributed by atoms with van der Waals surface area (Å²) in [4.78, 5) is 11.1. The van der Waals surface area contributed by atoms with Crippen molar-refractivity contribution in [2.45, 2.75) is 32.4 Å². The second-order valence-corrected chi connectivity index (χ2v) is 4.10. The first kappa shape index (κ1) is 10.4. The van der Waals surface area contributed by atoms with E-state index in [-0.39, 0.29) is 0 Å². The Morgan fingerprint density at radius 3 is 2.87 bits per heavy atom. The van der Waals surface area contributed by atoms with Gasteiger partial charge >= 0.3 is 0 Å². The van der Waals surface area contributed by atoms with Crippen LogP contribution in [0.1, 0.15) is 25.5 Å². The van der Waals surface area contributed by atoms with E-state index in [1.165, 1.54) is 19.4 Å². The first-order valence-electron chi connectivity index (χ1n) is 5.52. The van der Waals surface area contributed by atoms with Gasteiger partial charge in [0.25, 0.3) is 0 Å². The molecule has 1 fully saturated rings. The van der Waals surface area contributed by atoms with Gasteiger partial charge in [0.2, 0.25) is 0 Å². The molecule has 0 bridgehead atoms. The van der Waals surface area contributed by atoms with E-state index in [0.29, 0.717) is 6.04 Å². The normalized spacial score (nSPS) is 21.9. The van der Waals surface area contributed by atoms with Crippen LogP contribution in [0.25, 0.3) is 0 Å². The van der Waals surface area contributed by atoms with Crippen molar-refractivity contribution in [1.82, 2.24) is 14.9 Å². The van der Waals surface area contributed by atoms with E-state index in [9.17, 15) is 0 Å². The number of anilines is 1. The van der Waals surface area contributed by atoms with Crippen molar-refractivity contribution >= 4 is 5.82 Å². The largest absolute Gasteiger partial charge is 0.372 e. The molecule has 15 heavy (non-hydrogen) atoms. The molecule has 1 N–H and O–H groups in total. The Bertz CT molecular complexity index is 309. The minimum atomic E-state index is 0.691. The first-order chi connectivity index (χ1) is 7.29. The third-order valence-electron chi connectivity index (χ3n) is 3.02. The summed E-state index contributed by atoms with van der Waals surface area (Å²) in [6, 6.07) is 0.691. The standard InChI is InChI=1S/C11H18N4/c1-9-4-3-5-15(9)8-10-6-14-11(12-2)7-13-10/h6-7,9H,3-5,8H2,1-2H3,(H,12,14). The quantitative estimate of drug-likeness (QED) is 0.813. The number of likely N-dealkylation sites (tertiary alicyclic amines) is 1. The second kappa shape index (κ2) is 4.57. The number of hydrogen-bond acceptors (Lipinski definition) is 4. The van der Waals surface area contributed by atoms with Gasteiger partial charge in [0.05, 0.1) is 18.1 Å². The highest BCUT2D eigenvalue weighted by Crippen LogP contribution is 2.18. The lowest BCUT2D eigenvalue weighted by Crippen LogP contribution is -2.26. The van der Waals surface area contributed by atoms with Crippen molar-refractivity contribution in [2.75, 3.05) is 18.9 Å². The molecule has 1 atom stereocenters. The molecule has 1 aromatic rings. The number of nitrogens with one attached hydrogen (secondary N) is 1. The van der Waals surface area contributed by atoms with Gasteiger partial charge in [-0.25, -0.2) is 4.98 Å². The molecule has 0 spiro atoms. The summed E-state index contributed by atoms with van der Waals surface area (Å²) in [6.45, 7) is 4.40. The van der Waals surface area contributed by atoms with Gasteiger partial charge in [-0.05, 0) is 26.3 Å². The molecule has 2 heterocycles. The van der Waals surface area contributed by atoms with Crippen molar-refractivity contribution in [1.29, 1.82) is 0 Å². The molecule has 1 saturated heterocycles. The SMILES string of the molecule is CNc1cnc(CN2CCCC2C)cn1. The third-order valence-corrected chi connectivity index (χ3v) is 3.02. The summed E-state index contributed by atoms with van der Waals surface area (Å²) in [6.07, 6.45) is 6.26. The van der Waals surface area contributed by atoms with Crippen LogP contribution in [-0.4, -0.2) is 34.5 Å². The van der Waals surface area contributed by atoms with E-state index in [4.69, 9.17) is 0 Å². The highest BCUT2D eigenvalue weighted by molar-refractivity contribution is 5.29. The smallest absolute Gasteiger partial charge is 0.144 e. The van der Waals surface area contributed by atoms with Crippen LogP contribution in [0.2, 0.25) is 0 Å². The molecule has 4 nitrogen and oxygen atoms in total. The van der Waals surface area contributed by atoms with Gasteiger partial charge in [-0.3, -0.25) is 9.88 Å². The Kier molecular flexibility index (Phi) is 3.16. The average Bonchev–Trinajstić information content (AvgIpc) is 2.66. The molecule has 1 aromatic heterocycles. The Hall–Kier alpha value is -1.16. The van der Waals surface area contributed by atoms with Crippen LogP contribution in [0.5, 0.6) is 0 Å². The highest BCUT2D eigenvalue weighted by Gasteiger charge is 2.20. The summed E-state index contributed by atoms with van der Waals surface area (Å²) in [5.74, 6) is 0.827. The van der Waals surface area contributed by atoms with Gasteiger partial charge in [-0.15, -0.1) is 0 Å². The van der Waals surface area contributed by atoms with Crippen molar-refractivity contribution in [3.63, 3.8) is 0 Å². The molecule has 2 rings (SSSR count). The van der Waals surface area contributed by atoms with E-state index in [0.717, 1.165) is 18.1 Å². The van der Waals surface area contributed by atoms with Crippen molar-refractivity contribution in [2.24, 2.45) is 0 Å². The summed E-state index contributed by atoms with van der Waals surface area (Å²) in [5.41, 5.74) is 1.06. The van der Waals surface area contributed by atoms with Crippen LogP contribution in [-0.2, 0) is 6.54 Å². The minimum Gasteiger partial charge on any atom is -0.372 e. The molecular weight excluding hydrogens is 188 g/mol. The van der Waals surface area contributed by atoms with Crippen LogP contribution in [0.15, 0.2) is 12.4 Å². The van der Waals surface area contributed by atoms with Crippen LogP contribution in [0.4, 0.5) is 5.82 Å². The minimum absolute atomic E-state index is 0.691. The van der Waals surface area contributed by atoms with Crippen molar-refractivity contribution in [3.05, 3.63) is 18.1 Å². The van der Waals surface area contributed by atoms with Crippen LogP contribution < -0.4 is 5.32 Å². The summed E-state index contributed by atoms with van der Waals surface area (Å²) >= 11 is 0. The fourth-order valence-corrected chi connectivity index (χ4v) is 2.00. The molecule has 0 aromatic carbocycles. The second-order valence-electron chi connectivity index (χ2n) is 4.10. The lowest BCUT2D eigenvalue weighted by atomic mass is 10.2. The zero-order valence-corrected chi connectivity index (χ0v) is 9.40. The fourth-order valence-electron chi connectivity index (χ4n) is 2.00. The molecule has 1 aliphatic heterocycles. The highest BCUT2D eigenvalue weighted by atomic mass is 15.2. The van der Waals surface area contributed by atoms with Crippen LogP contribution in [0, 0.1) is 0 Å². The molecule has 0 radical (unpaired) electrons. The molecule has 1 unspecified atom stereocenters. The zero-order valence-electron chi connectivity index (χ0n) is 9.40. The lowest BCUT2D eigenvalue weighted by Gasteiger charge is -2.19. The third kappa shape index (κ3) is 2.45. The Balaban J connectivity index is 1.98. The maximum absolute atomic E-state index is 4.38. The van der Waals surface area contributed by atoms with Crippen LogP contribution in [0.3, 0.4) is 0 Å². The van der Waals surface area contributed by atoms with Crippen molar-refractivity contribution in [3.8, 4) is 0 Å². The predicted octanol–water partition coefficient (Wildman–Crippen LogP) is 1.50. The van der Waals surface area contributed by atoms with E-state index in [2.05, 4.69) is 27.1 Å².